The van der Waals surface area contributed by atoms with Crippen molar-refractivity contribution in [2.24, 2.45) is 0 Å². The van der Waals surface area contributed by atoms with E-state index in [1.54, 1.807) is 55.3 Å². The largest absolute Gasteiger partial charge is 0.340 e. The number of nitrogens with zero attached hydrogens (tertiary/aromatic N) is 1. The van der Waals surface area contributed by atoms with E-state index in [0.29, 0.717) is 29.9 Å². The molecule has 140 valence electrons. The lowest BCUT2D eigenvalue weighted by Gasteiger charge is -2.17. The minimum absolute atomic E-state index is 0.107. The normalized spacial score (nSPS) is 11.2. The number of nitrogens with one attached hydrogen (secondary N) is 2. The number of hydrogen-bond acceptors (Lipinski definition) is 4. The van der Waals surface area contributed by atoms with Gasteiger partial charge in [0.05, 0.1) is 4.90 Å². The number of rotatable bonds is 7. The van der Waals surface area contributed by atoms with Crippen LogP contribution in [-0.2, 0) is 10.0 Å². The molecule has 1 amide bonds. The van der Waals surface area contributed by atoms with Crippen LogP contribution in [0, 0.1) is 13.8 Å². The molecule has 0 saturated heterocycles. The molecule has 0 aliphatic rings. The summed E-state index contributed by atoms with van der Waals surface area (Å²) in [5.74, 6) is -0.107. The second-order valence-electron chi connectivity index (χ2n) is 6.28. The lowest BCUT2D eigenvalue weighted by molar-refractivity contribution is 0.0797. The molecule has 0 aromatic heterocycles. The van der Waals surface area contributed by atoms with Crippen LogP contribution in [0.2, 0.25) is 0 Å². The van der Waals surface area contributed by atoms with Crippen LogP contribution in [0.3, 0.4) is 0 Å². The van der Waals surface area contributed by atoms with E-state index in [1.165, 1.54) is 0 Å². The Hall–Kier alpha value is -2.38. The molecule has 0 saturated carbocycles. The fraction of sp³-hybridized carbons (Fsp3) is 0.316. The van der Waals surface area contributed by atoms with Crippen molar-refractivity contribution in [1.82, 2.24) is 10.2 Å². The summed E-state index contributed by atoms with van der Waals surface area (Å²) in [5.41, 5.74) is 2.49. The number of likely N-dealkylation sites (N-methyl/N-ethyl adjacent to an activating group) is 2. The first-order valence-electron chi connectivity index (χ1n) is 8.35. The van der Waals surface area contributed by atoms with Gasteiger partial charge in [-0.15, -0.1) is 0 Å². The van der Waals surface area contributed by atoms with Crippen molar-refractivity contribution in [2.45, 2.75) is 18.7 Å². The molecule has 0 bridgehead atoms. The standard InChI is InChI=1S/C19H25N3O3S/c1-14-5-6-15(2)18(13-14)26(24,25)21-17-9-7-16(8-10-17)19(23)22(4)12-11-20-3/h5-10,13,20-21H,11-12H2,1-4H3. The summed E-state index contributed by atoms with van der Waals surface area (Å²) in [6.07, 6.45) is 0. The molecular formula is C19H25N3O3S. The molecule has 0 aliphatic carbocycles. The van der Waals surface area contributed by atoms with Gasteiger partial charge in [0.2, 0.25) is 0 Å². The molecular weight excluding hydrogens is 350 g/mol. The number of carbonyl (C=O) groups excluding carboxylic acids is 1. The highest BCUT2D eigenvalue weighted by Gasteiger charge is 2.18. The number of aryl methyl sites for hydroxylation is 2. The van der Waals surface area contributed by atoms with Gasteiger partial charge in [-0.05, 0) is 62.4 Å². The molecule has 0 unspecified atom stereocenters. The average molecular weight is 375 g/mol. The molecule has 26 heavy (non-hydrogen) atoms. The van der Waals surface area contributed by atoms with Crippen LogP contribution in [0.25, 0.3) is 0 Å². The van der Waals surface area contributed by atoms with E-state index in [0.717, 1.165) is 5.56 Å². The van der Waals surface area contributed by atoms with Gasteiger partial charge in [0.15, 0.2) is 0 Å². The maximum atomic E-state index is 12.6. The van der Waals surface area contributed by atoms with Crippen LogP contribution in [0.5, 0.6) is 0 Å². The first-order valence-corrected chi connectivity index (χ1v) is 9.83. The molecule has 0 fully saturated rings. The molecule has 2 rings (SSSR count). The third-order valence-electron chi connectivity index (χ3n) is 4.06. The van der Waals surface area contributed by atoms with Gasteiger partial charge in [0, 0.05) is 31.4 Å². The molecule has 0 radical (unpaired) electrons. The first-order chi connectivity index (χ1) is 12.2. The highest BCUT2D eigenvalue weighted by Crippen LogP contribution is 2.21. The Bertz CT molecular complexity index is 877. The van der Waals surface area contributed by atoms with E-state index in [1.807, 2.05) is 20.0 Å². The van der Waals surface area contributed by atoms with Crippen molar-refractivity contribution < 1.29 is 13.2 Å². The number of carbonyl (C=O) groups is 1. The number of hydrogen-bond donors (Lipinski definition) is 2. The maximum absolute atomic E-state index is 12.6. The average Bonchev–Trinajstić information content (AvgIpc) is 2.61. The smallest absolute Gasteiger partial charge is 0.262 e. The Labute approximate surface area is 155 Å². The highest BCUT2D eigenvalue weighted by molar-refractivity contribution is 7.92. The highest BCUT2D eigenvalue weighted by atomic mass is 32.2. The zero-order valence-electron chi connectivity index (χ0n) is 15.5. The lowest BCUT2D eigenvalue weighted by Crippen LogP contribution is -2.32. The van der Waals surface area contributed by atoms with Gasteiger partial charge in [-0.25, -0.2) is 8.42 Å². The van der Waals surface area contributed by atoms with Gasteiger partial charge in [0.25, 0.3) is 15.9 Å². The number of amides is 1. The van der Waals surface area contributed by atoms with Crippen molar-refractivity contribution in [1.29, 1.82) is 0 Å². The van der Waals surface area contributed by atoms with Crippen LogP contribution in [0.15, 0.2) is 47.4 Å². The summed E-state index contributed by atoms with van der Waals surface area (Å²) in [7, 11) is -0.120. The number of sulfonamides is 1. The molecule has 7 heteroatoms. The van der Waals surface area contributed by atoms with E-state index in [9.17, 15) is 13.2 Å². The minimum atomic E-state index is -3.68. The van der Waals surface area contributed by atoms with Crippen LogP contribution < -0.4 is 10.0 Å². The summed E-state index contributed by atoms with van der Waals surface area (Å²) in [4.78, 5) is 14.2. The van der Waals surface area contributed by atoms with E-state index >= 15 is 0 Å². The second kappa shape index (κ2) is 8.33. The zero-order chi connectivity index (χ0) is 19.3. The Kier molecular flexibility index (Phi) is 6.39. The van der Waals surface area contributed by atoms with Crippen molar-refractivity contribution in [3.05, 3.63) is 59.2 Å². The molecule has 0 atom stereocenters. The minimum Gasteiger partial charge on any atom is -0.340 e. The Morgan fingerprint density at radius 3 is 2.35 bits per heavy atom. The van der Waals surface area contributed by atoms with Gasteiger partial charge in [-0.2, -0.15) is 0 Å². The second-order valence-corrected chi connectivity index (χ2v) is 7.93. The Morgan fingerprint density at radius 1 is 1.08 bits per heavy atom. The predicted octanol–water partition coefficient (Wildman–Crippen LogP) is 2.40. The number of benzene rings is 2. The topological polar surface area (TPSA) is 78.5 Å². The molecule has 6 nitrogen and oxygen atoms in total. The van der Waals surface area contributed by atoms with E-state index in [2.05, 4.69) is 10.0 Å². The van der Waals surface area contributed by atoms with Gasteiger partial charge < -0.3 is 10.2 Å². The summed E-state index contributed by atoms with van der Waals surface area (Å²) in [6.45, 7) is 4.91. The summed E-state index contributed by atoms with van der Waals surface area (Å²) in [6, 6.07) is 11.8. The maximum Gasteiger partial charge on any atom is 0.262 e. The van der Waals surface area contributed by atoms with Gasteiger partial charge >= 0.3 is 0 Å². The van der Waals surface area contributed by atoms with Crippen LogP contribution in [0.1, 0.15) is 21.5 Å². The predicted molar refractivity (Wildman–Crippen MR) is 104 cm³/mol. The first kappa shape index (κ1) is 19.9. The summed E-state index contributed by atoms with van der Waals surface area (Å²) < 4.78 is 27.8. The molecule has 0 aliphatic heterocycles. The van der Waals surface area contributed by atoms with Crippen LogP contribution >= 0.6 is 0 Å². The van der Waals surface area contributed by atoms with Crippen LogP contribution in [0.4, 0.5) is 5.69 Å². The van der Waals surface area contributed by atoms with E-state index in [4.69, 9.17) is 0 Å². The Balaban J connectivity index is 2.16. The van der Waals surface area contributed by atoms with Crippen molar-refractivity contribution in [2.75, 3.05) is 31.9 Å². The number of anilines is 1. The quantitative estimate of drug-likeness (QED) is 0.779. The Morgan fingerprint density at radius 2 is 1.73 bits per heavy atom. The lowest BCUT2D eigenvalue weighted by atomic mass is 10.2. The molecule has 0 spiro atoms. The molecule has 2 aromatic carbocycles. The molecule has 0 heterocycles. The molecule has 2 aromatic rings. The third kappa shape index (κ3) is 4.83. The monoisotopic (exact) mass is 375 g/mol. The molecule has 2 N–H and O–H groups in total. The van der Waals surface area contributed by atoms with Crippen molar-refractivity contribution in [3.63, 3.8) is 0 Å². The fourth-order valence-corrected chi connectivity index (χ4v) is 3.88. The van der Waals surface area contributed by atoms with Crippen molar-refractivity contribution in [3.8, 4) is 0 Å². The van der Waals surface area contributed by atoms with E-state index in [-0.39, 0.29) is 10.8 Å². The van der Waals surface area contributed by atoms with Gasteiger partial charge in [0.1, 0.15) is 0 Å². The van der Waals surface area contributed by atoms with Crippen molar-refractivity contribution >= 4 is 21.6 Å². The fourth-order valence-electron chi connectivity index (χ4n) is 2.49. The van der Waals surface area contributed by atoms with E-state index < -0.39 is 10.0 Å². The van der Waals surface area contributed by atoms with Crippen LogP contribution in [-0.4, -0.2) is 46.4 Å². The third-order valence-corrected chi connectivity index (χ3v) is 5.58. The summed E-state index contributed by atoms with van der Waals surface area (Å²) >= 11 is 0. The van der Waals surface area contributed by atoms with Gasteiger partial charge in [-0.1, -0.05) is 12.1 Å². The zero-order valence-corrected chi connectivity index (χ0v) is 16.4. The summed E-state index contributed by atoms with van der Waals surface area (Å²) in [5, 5.41) is 2.99. The SMILES string of the molecule is CNCCN(C)C(=O)c1ccc(NS(=O)(=O)c2cc(C)ccc2C)cc1. The van der Waals surface area contributed by atoms with Gasteiger partial charge in [-0.3, -0.25) is 9.52 Å².